The summed E-state index contributed by atoms with van der Waals surface area (Å²) in [6.45, 7) is 0. The number of rotatable bonds is 8. The zero-order valence-electron chi connectivity index (χ0n) is 19.3. The van der Waals surface area contributed by atoms with Gasteiger partial charge in [-0.05, 0) is 54.6 Å². The molecule has 0 aliphatic carbocycles. The number of nitrogens with one attached hydrogen (secondary N) is 2. The molecule has 16 heteroatoms. The van der Waals surface area contributed by atoms with Gasteiger partial charge >= 0.3 is 12.4 Å². The third-order valence-electron chi connectivity index (χ3n) is 4.92. The highest BCUT2D eigenvalue weighted by molar-refractivity contribution is 7.93. The smallest absolute Gasteiger partial charge is 0.416 e. The molecule has 0 heterocycles. The average molecular weight is 585 g/mol. The van der Waals surface area contributed by atoms with E-state index in [1.165, 1.54) is 32.4 Å². The van der Waals surface area contributed by atoms with Crippen molar-refractivity contribution < 1.29 is 52.7 Å². The molecule has 3 aromatic rings. The van der Waals surface area contributed by atoms with Crippen LogP contribution in [0.25, 0.3) is 0 Å². The summed E-state index contributed by atoms with van der Waals surface area (Å²) >= 11 is 0. The van der Waals surface area contributed by atoms with Crippen LogP contribution in [-0.2, 0) is 32.4 Å². The van der Waals surface area contributed by atoms with Crippen molar-refractivity contribution in [1.82, 2.24) is 0 Å². The van der Waals surface area contributed by atoms with Crippen LogP contribution in [-0.4, -0.2) is 31.1 Å². The molecule has 0 spiro atoms. The number of ether oxygens (including phenoxy) is 2. The molecule has 8 nitrogen and oxygen atoms in total. The molecule has 3 aromatic carbocycles. The highest BCUT2D eigenvalue weighted by Crippen LogP contribution is 2.38. The number of halogens is 6. The van der Waals surface area contributed by atoms with Crippen LogP contribution in [0.2, 0.25) is 0 Å². The van der Waals surface area contributed by atoms with Gasteiger partial charge in [-0.2, -0.15) is 26.3 Å². The van der Waals surface area contributed by atoms with Crippen LogP contribution < -0.4 is 18.9 Å². The molecular weight excluding hydrogens is 566 g/mol. The predicted octanol–water partition coefficient (Wildman–Crippen LogP) is 5.34. The first-order valence-corrected chi connectivity index (χ1v) is 13.1. The molecule has 0 atom stereocenters. The number of alkyl halides is 6. The van der Waals surface area contributed by atoms with Crippen molar-refractivity contribution in [2.24, 2.45) is 0 Å². The van der Waals surface area contributed by atoms with Gasteiger partial charge in [-0.25, -0.2) is 16.8 Å². The van der Waals surface area contributed by atoms with E-state index < -0.39 is 54.1 Å². The monoisotopic (exact) mass is 584 g/mol. The van der Waals surface area contributed by atoms with Crippen LogP contribution in [0.4, 0.5) is 37.7 Å². The van der Waals surface area contributed by atoms with Crippen molar-refractivity contribution in [3.8, 4) is 11.5 Å². The molecule has 0 saturated carbocycles. The van der Waals surface area contributed by atoms with Gasteiger partial charge in [-0.3, -0.25) is 9.44 Å². The van der Waals surface area contributed by atoms with Crippen molar-refractivity contribution >= 4 is 31.4 Å². The first-order valence-electron chi connectivity index (χ1n) is 10.1. The normalized spacial score (nSPS) is 12.6. The number of anilines is 2. The summed E-state index contributed by atoms with van der Waals surface area (Å²) in [7, 11) is -6.36. The molecule has 0 radical (unpaired) electrons. The van der Waals surface area contributed by atoms with Crippen LogP contribution in [0.15, 0.2) is 70.5 Å². The molecule has 0 aliphatic heterocycles. The van der Waals surface area contributed by atoms with Gasteiger partial charge in [-0.1, -0.05) is 0 Å². The van der Waals surface area contributed by atoms with E-state index in [-0.39, 0.29) is 40.3 Å². The summed E-state index contributed by atoms with van der Waals surface area (Å²) in [5.41, 5.74) is -4.49. The third-order valence-corrected chi connectivity index (χ3v) is 7.72. The third kappa shape index (κ3) is 6.61. The predicted molar refractivity (Wildman–Crippen MR) is 124 cm³/mol. The fraction of sp³-hybridized carbons (Fsp3) is 0.182. The molecule has 0 unspecified atom stereocenters. The van der Waals surface area contributed by atoms with Gasteiger partial charge < -0.3 is 9.47 Å². The largest absolute Gasteiger partial charge is 0.497 e. The Labute approximate surface area is 213 Å². The number of methoxy groups -OCH3 is 2. The molecule has 0 bridgehead atoms. The van der Waals surface area contributed by atoms with Crippen LogP contribution in [0.5, 0.6) is 11.5 Å². The molecule has 2 N–H and O–H groups in total. The van der Waals surface area contributed by atoms with Crippen LogP contribution in [0.1, 0.15) is 11.1 Å². The molecule has 206 valence electrons. The van der Waals surface area contributed by atoms with Gasteiger partial charge in [0.2, 0.25) is 0 Å². The number of sulfonamides is 2. The lowest BCUT2D eigenvalue weighted by molar-refractivity contribution is -0.143. The first-order chi connectivity index (χ1) is 17.5. The first kappa shape index (κ1) is 28.9. The number of benzene rings is 3. The molecule has 0 aromatic heterocycles. The molecule has 3 rings (SSSR count). The topological polar surface area (TPSA) is 111 Å². The van der Waals surface area contributed by atoms with E-state index in [2.05, 4.69) is 4.72 Å². The van der Waals surface area contributed by atoms with Crippen molar-refractivity contribution in [3.05, 3.63) is 71.8 Å². The lowest BCUT2D eigenvalue weighted by Crippen LogP contribution is -2.17. The Balaban J connectivity index is 1.89. The molecule has 38 heavy (non-hydrogen) atoms. The number of hydrogen-bond donors (Lipinski definition) is 2. The highest BCUT2D eigenvalue weighted by atomic mass is 32.2. The van der Waals surface area contributed by atoms with E-state index in [4.69, 9.17) is 9.47 Å². The second-order valence-corrected chi connectivity index (χ2v) is 10.9. The van der Waals surface area contributed by atoms with Crippen LogP contribution in [0, 0.1) is 0 Å². The zero-order chi connectivity index (χ0) is 28.5. The van der Waals surface area contributed by atoms with E-state index in [0.29, 0.717) is 0 Å². The SMILES string of the molecule is COc1ccc(OC)c(S(=O)(=O)Nc2ccc(S(=O)(=O)Nc3cc(C(F)(F)F)cc(C(F)(F)F)c3)cc2)c1. The second-order valence-electron chi connectivity index (χ2n) is 7.55. The van der Waals surface area contributed by atoms with E-state index in [0.717, 1.165) is 24.3 Å². The average Bonchev–Trinajstić information content (AvgIpc) is 2.82. The summed E-state index contributed by atoms with van der Waals surface area (Å²) in [6, 6.07) is 8.18. The van der Waals surface area contributed by atoms with Crippen LogP contribution >= 0.6 is 0 Å². The number of hydrogen-bond acceptors (Lipinski definition) is 6. The molecule has 0 saturated heterocycles. The molecule has 0 fully saturated rings. The summed E-state index contributed by atoms with van der Waals surface area (Å²) in [6.07, 6.45) is -10.3. The van der Waals surface area contributed by atoms with Gasteiger partial charge in [0, 0.05) is 11.8 Å². The zero-order valence-corrected chi connectivity index (χ0v) is 20.9. The van der Waals surface area contributed by atoms with Crippen molar-refractivity contribution in [3.63, 3.8) is 0 Å². The van der Waals surface area contributed by atoms with E-state index in [1.807, 2.05) is 0 Å². The Morgan fingerprint density at radius 1 is 0.632 bits per heavy atom. The van der Waals surface area contributed by atoms with Gasteiger partial charge in [0.1, 0.15) is 16.4 Å². The van der Waals surface area contributed by atoms with Crippen molar-refractivity contribution in [2.75, 3.05) is 23.7 Å². The second kappa shape index (κ2) is 10.2. The van der Waals surface area contributed by atoms with E-state index in [9.17, 15) is 43.2 Å². The van der Waals surface area contributed by atoms with Gasteiger partial charge in [0.05, 0.1) is 35.9 Å². The Hall–Kier alpha value is -3.66. The van der Waals surface area contributed by atoms with Gasteiger partial charge in [-0.15, -0.1) is 0 Å². The highest BCUT2D eigenvalue weighted by Gasteiger charge is 2.37. The van der Waals surface area contributed by atoms with E-state index >= 15 is 0 Å². The lowest BCUT2D eigenvalue weighted by atomic mass is 10.1. The summed E-state index contributed by atoms with van der Waals surface area (Å²) in [4.78, 5) is -0.854. The molecule has 0 aliphatic rings. The minimum Gasteiger partial charge on any atom is -0.497 e. The summed E-state index contributed by atoms with van der Waals surface area (Å²) in [5.74, 6) is 0.197. The fourth-order valence-electron chi connectivity index (χ4n) is 3.13. The minimum atomic E-state index is -5.17. The maximum Gasteiger partial charge on any atom is 0.416 e. The lowest BCUT2D eigenvalue weighted by Gasteiger charge is -2.16. The Morgan fingerprint density at radius 2 is 1.16 bits per heavy atom. The van der Waals surface area contributed by atoms with E-state index in [1.54, 1.807) is 4.72 Å². The Morgan fingerprint density at radius 3 is 1.63 bits per heavy atom. The Bertz CT molecular complexity index is 1510. The molecule has 0 amide bonds. The summed E-state index contributed by atoms with van der Waals surface area (Å²) in [5, 5.41) is 0. The minimum absolute atomic E-state index is 0.0130. The standard InChI is InChI=1S/C22H18F6N2O6S2/c1-35-17-5-8-19(36-2)20(12-17)38(33,34)29-15-3-6-18(7-4-15)37(31,32)30-16-10-13(21(23,24)25)9-14(11-16)22(26,27)28/h3-12,29-30H,1-2H3. The van der Waals surface area contributed by atoms with Crippen molar-refractivity contribution in [2.45, 2.75) is 22.1 Å². The quantitative estimate of drug-likeness (QED) is 0.346. The van der Waals surface area contributed by atoms with Gasteiger partial charge in [0.25, 0.3) is 20.0 Å². The maximum atomic E-state index is 13.1. The fourth-order valence-corrected chi connectivity index (χ4v) is 5.42. The van der Waals surface area contributed by atoms with Crippen molar-refractivity contribution in [1.29, 1.82) is 0 Å². The Kier molecular flexibility index (Phi) is 7.79. The maximum absolute atomic E-state index is 13.1. The van der Waals surface area contributed by atoms with Gasteiger partial charge in [0.15, 0.2) is 0 Å². The molecular formula is C22H18F6N2O6S2. The summed E-state index contributed by atoms with van der Waals surface area (Å²) < 4.78 is 143. The van der Waals surface area contributed by atoms with Crippen LogP contribution in [0.3, 0.4) is 0 Å².